The fraction of sp³-hybridized carbons (Fsp3) is 0.941. The maximum atomic E-state index is 11.9. The van der Waals surface area contributed by atoms with Gasteiger partial charge in [0, 0.05) is 17.8 Å². The number of hydrogen-bond acceptors (Lipinski definition) is 4. The molecule has 0 rings (SSSR count). The van der Waals surface area contributed by atoms with E-state index in [2.05, 4.69) is 13.8 Å². The molecule has 132 valence electrons. The Morgan fingerprint density at radius 1 is 0.864 bits per heavy atom. The molecule has 0 radical (unpaired) electrons. The molecule has 0 aromatic carbocycles. The number of nitrogens with zero attached hydrogens (tertiary/aromatic N) is 1. The molecule has 0 aliphatic carbocycles. The van der Waals surface area contributed by atoms with Crippen molar-refractivity contribution in [3.63, 3.8) is 0 Å². The molecule has 0 heterocycles. The molecule has 5 nitrogen and oxygen atoms in total. The minimum Gasteiger partial charge on any atom is -0.344 e. The van der Waals surface area contributed by atoms with Crippen LogP contribution in [0.4, 0.5) is 0 Å². The van der Waals surface area contributed by atoms with Crippen LogP contribution in [0.1, 0.15) is 97.3 Å². The smallest absolute Gasteiger partial charge is 0.270 e. The molecule has 0 aromatic heterocycles. The van der Waals surface area contributed by atoms with Gasteiger partial charge >= 0.3 is 0 Å². The van der Waals surface area contributed by atoms with Gasteiger partial charge in [0.05, 0.1) is 0 Å². The lowest BCUT2D eigenvalue weighted by Crippen LogP contribution is -2.29. The van der Waals surface area contributed by atoms with E-state index in [0.29, 0.717) is 12.8 Å². The minimum atomic E-state index is -0.956. The summed E-state index contributed by atoms with van der Waals surface area (Å²) in [6.45, 7) is 4.30. The molecule has 0 saturated heterocycles. The second-order valence-electron chi connectivity index (χ2n) is 5.99. The first-order valence-corrected chi connectivity index (χ1v) is 8.79. The Balaban J connectivity index is 0. The van der Waals surface area contributed by atoms with E-state index in [1.165, 1.54) is 25.7 Å². The summed E-state index contributed by atoms with van der Waals surface area (Å²) in [5.41, 5.74) is 0. The Hall–Kier alpha value is -0.970. The van der Waals surface area contributed by atoms with Gasteiger partial charge < -0.3 is 6.15 Å². The van der Waals surface area contributed by atoms with Gasteiger partial charge in [0.25, 0.3) is 6.04 Å². The molecule has 1 unspecified atom stereocenters. The van der Waals surface area contributed by atoms with E-state index in [9.17, 15) is 14.9 Å². The van der Waals surface area contributed by atoms with Crippen LogP contribution in [0.15, 0.2) is 0 Å². The average Bonchev–Trinajstić information content (AvgIpc) is 2.46. The van der Waals surface area contributed by atoms with E-state index in [1.54, 1.807) is 0 Å². The van der Waals surface area contributed by atoms with Gasteiger partial charge in [-0.2, -0.15) is 0 Å². The molecule has 0 aliphatic rings. The second-order valence-corrected chi connectivity index (χ2v) is 5.99. The van der Waals surface area contributed by atoms with E-state index in [4.69, 9.17) is 0 Å². The van der Waals surface area contributed by atoms with E-state index in [0.717, 1.165) is 44.9 Å². The van der Waals surface area contributed by atoms with Crippen LogP contribution in [0.3, 0.4) is 0 Å². The van der Waals surface area contributed by atoms with Crippen LogP contribution >= 0.6 is 0 Å². The predicted molar refractivity (Wildman–Crippen MR) is 92.2 cm³/mol. The highest BCUT2D eigenvalue weighted by atomic mass is 16.6. The van der Waals surface area contributed by atoms with Crippen LogP contribution in [-0.4, -0.2) is 16.7 Å². The SMILES string of the molecule is CCCCCCCCCC(C(=O)CCCCCC)[N+](=O)[O-].N. The van der Waals surface area contributed by atoms with Crippen molar-refractivity contribution in [1.29, 1.82) is 0 Å². The first-order chi connectivity index (χ1) is 10.1. The number of unbranched alkanes of at least 4 members (excludes halogenated alkanes) is 9. The molecular formula is C17H36N2O3. The Morgan fingerprint density at radius 3 is 1.82 bits per heavy atom. The summed E-state index contributed by atoms with van der Waals surface area (Å²) in [4.78, 5) is 22.6. The van der Waals surface area contributed by atoms with Crippen LogP contribution in [-0.2, 0) is 4.79 Å². The topological polar surface area (TPSA) is 95.2 Å². The van der Waals surface area contributed by atoms with Crippen molar-refractivity contribution < 1.29 is 9.72 Å². The summed E-state index contributed by atoms with van der Waals surface area (Å²) in [5, 5.41) is 11.0. The second kappa shape index (κ2) is 16.4. The maximum Gasteiger partial charge on any atom is 0.270 e. The molecule has 5 heteroatoms. The molecule has 0 aliphatic heterocycles. The van der Waals surface area contributed by atoms with Gasteiger partial charge in [0.15, 0.2) is 0 Å². The van der Waals surface area contributed by atoms with Crippen molar-refractivity contribution in [1.82, 2.24) is 6.15 Å². The molecule has 3 N–H and O–H groups in total. The number of carbonyl (C=O) groups excluding carboxylic acids is 1. The quantitative estimate of drug-likeness (QED) is 0.246. The van der Waals surface area contributed by atoms with Crippen molar-refractivity contribution in [3.05, 3.63) is 10.1 Å². The average molecular weight is 316 g/mol. The third kappa shape index (κ3) is 12.7. The molecule has 22 heavy (non-hydrogen) atoms. The third-order valence-electron chi connectivity index (χ3n) is 3.98. The monoisotopic (exact) mass is 316 g/mol. The van der Waals surface area contributed by atoms with Gasteiger partial charge in [-0.15, -0.1) is 0 Å². The zero-order valence-corrected chi connectivity index (χ0v) is 14.6. The first kappa shape index (κ1) is 23.3. The number of carbonyl (C=O) groups is 1. The number of rotatable bonds is 15. The van der Waals surface area contributed by atoms with Gasteiger partial charge in [0.2, 0.25) is 5.78 Å². The third-order valence-corrected chi connectivity index (χ3v) is 3.98. The van der Waals surface area contributed by atoms with Gasteiger partial charge in [-0.25, -0.2) is 0 Å². The highest BCUT2D eigenvalue weighted by Gasteiger charge is 2.27. The number of Topliss-reactive ketones (excluding diaryl/α,β-unsaturated/α-hetero) is 1. The molecule has 0 fully saturated rings. The Bertz CT molecular complexity index is 283. The highest BCUT2D eigenvalue weighted by Crippen LogP contribution is 2.14. The van der Waals surface area contributed by atoms with Gasteiger partial charge in [-0.1, -0.05) is 71.6 Å². The van der Waals surface area contributed by atoms with Crippen LogP contribution < -0.4 is 6.15 Å². The number of nitro groups is 1. The lowest BCUT2D eigenvalue weighted by Gasteiger charge is -2.08. The summed E-state index contributed by atoms with van der Waals surface area (Å²) in [7, 11) is 0. The normalized spacial score (nSPS) is 11.7. The fourth-order valence-corrected chi connectivity index (χ4v) is 2.57. The summed E-state index contributed by atoms with van der Waals surface area (Å²) >= 11 is 0. The molecule has 0 bridgehead atoms. The lowest BCUT2D eigenvalue weighted by atomic mass is 9.99. The largest absolute Gasteiger partial charge is 0.344 e. The molecule has 0 aromatic rings. The predicted octanol–water partition coefficient (Wildman–Crippen LogP) is 5.47. The zero-order valence-electron chi connectivity index (χ0n) is 14.6. The molecule has 1 atom stereocenters. The Labute approximate surface area is 136 Å². The molecular weight excluding hydrogens is 280 g/mol. The fourth-order valence-electron chi connectivity index (χ4n) is 2.57. The van der Waals surface area contributed by atoms with Crippen LogP contribution in [0.5, 0.6) is 0 Å². The van der Waals surface area contributed by atoms with E-state index in [1.807, 2.05) is 0 Å². The summed E-state index contributed by atoms with van der Waals surface area (Å²) < 4.78 is 0. The zero-order chi connectivity index (χ0) is 15.9. The summed E-state index contributed by atoms with van der Waals surface area (Å²) in [6, 6.07) is -0.956. The number of ketones is 1. The minimum absolute atomic E-state index is 0. The van der Waals surface area contributed by atoms with Crippen molar-refractivity contribution >= 4 is 5.78 Å². The standard InChI is InChI=1S/C17H33NO3.H3N/c1-3-5-7-9-10-11-12-14-16(18(20)21)17(19)15-13-8-6-4-2;/h16H,3-15H2,1-2H3;1H3. The van der Waals surface area contributed by atoms with Gasteiger partial charge in [-0.3, -0.25) is 14.9 Å². The van der Waals surface area contributed by atoms with Gasteiger partial charge in [-0.05, 0) is 12.8 Å². The molecule has 0 saturated carbocycles. The van der Waals surface area contributed by atoms with Crippen molar-refractivity contribution in [2.45, 2.75) is 103 Å². The van der Waals surface area contributed by atoms with Crippen LogP contribution in [0.2, 0.25) is 0 Å². The van der Waals surface area contributed by atoms with E-state index >= 15 is 0 Å². The van der Waals surface area contributed by atoms with Crippen molar-refractivity contribution in [2.75, 3.05) is 0 Å². The molecule has 0 amide bonds. The van der Waals surface area contributed by atoms with Crippen LogP contribution in [0, 0.1) is 10.1 Å². The Morgan fingerprint density at radius 2 is 1.32 bits per heavy atom. The van der Waals surface area contributed by atoms with E-state index < -0.39 is 6.04 Å². The van der Waals surface area contributed by atoms with Gasteiger partial charge in [0.1, 0.15) is 0 Å². The number of hydrogen-bond donors (Lipinski definition) is 1. The maximum absolute atomic E-state index is 11.9. The first-order valence-electron chi connectivity index (χ1n) is 8.79. The lowest BCUT2D eigenvalue weighted by molar-refractivity contribution is -0.508. The summed E-state index contributed by atoms with van der Waals surface area (Å²) in [6.07, 6.45) is 12.7. The summed E-state index contributed by atoms with van der Waals surface area (Å²) in [5.74, 6) is -0.165. The van der Waals surface area contributed by atoms with Crippen LogP contribution in [0.25, 0.3) is 0 Å². The van der Waals surface area contributed by atoms with Crippen molar-refractivity contribution in [3.8, 4) is 0 Å². The molecule has 0 spiro atoms. The highest BCUT2D eigenvalue weighted by molar-refractivity contribution is 5.82. The van der Waals surface area contributed by atoms with E-state index in [-0.39, 0.29) is 16.9 Å². The van der Waals surface area contributed by atoms with Crippen molar-refractivity contribution in [2.24, 2.45) is 0 Å². The Kier molecular flexibility index (Phi) is 17.4.